The molecule has 2 heterocycles. The van der Waals surface area contributed by atoms with E-state index in [0.29, 0.717) is 13.1 Å². The molecule has 0 spiro atoms. The minimum Gasteiger partial charge on any atom is -0.497 e. The molecular formula is C24H30N4O4. The second-order valence-corrected chi connectivity index (χ2v) is 8.38. The maximum Gasteiger partial charge on any atom is 0.282 e. The number of benzene rings is 2. The standard InChI is InChI=1S/C24H30N4O4/c1-32-21-7-4-19(5-8-21)10-13-25-14-16-26(17-15-25)20-6-9-23(28(30)31)22(18-20)24(29)27-11-2-3-12-27/h4-9,18H,2-3,10-17H2,1H3. The number of carbonyl (C=O) groups excluding carboxylic acids is 1. The molecule has 0 N–H and O–H groups in total. The summed E-state index contributed by atoms with van der Waals surface area (Å²) in [7, 11) is 1.67. The Morgan fingerprint density at radius 3 is 2.31 bits per heavy atom. The lowest BCUT2D eigenvalue weighted by molar-refractivity contribution is -0.385. The average Bonchev–Trinajstić information content (AvgIpc) is 3.37. The van der Waals surface area contributed by atoms with E-state index in [0.717, 1.165) is 63.4 Å². The topological polar surface area (TPSA) is 79.2 Å². The lowest BCUT2D eigenvalue weighted by Crippen LogP contribution is -2.47. The van der Waals surface area contributed by atoms with E-state index in [1.807, 2.05) is 12.1 Å². The number of nitro groups is 1. The summed E-state index contributed by atoms with van der Waals surface area (Å²) in [4.78, 5) is 30.3. The number of hydrogen-bond donors (Lipinski definition) is 0. The number of amides is 1. The van der Waals surface area contributed by atoms with Crippen LogP contribution in [0.5, 0.6) is 5.75 Å². The first-order valence-electron chi connectivity index (χ1n) is 11.2. The van der Waals surface area contributed by atoms with Crippen LogP contribution in [0.2, 0.25) is 0 Å². The summed E-state index contributed by atoms with van der Waals surface area (Å²) in [6.07, 6.45) is 2.89. The van der Waals surface area contributed by atoms with E-state index in [-0.39, 0.29) is 17.2 Å². The number of anilines is 1. The zero-order valence-electron chi connectivity index (χ0n) is 18.5. The third kappa shape index (κ3) is 5.02. The smallest absolute Gasteiger partial charge is 0.282 e. The highest BCUT2D eigenvalue weighted by Gasteiger charge is 2.28. The molecule has 2 aromatic carbocycles. The number of piperazine rings is 1. The summed E-state index contributed by atoms with van der Waals surface area (Å²) in [5.41, 5.74) is 2.27. The molecule has 0 saturated carbocycles. The maximum atomic E-state index is 12.9. The fourth-order valence-electron chi connectivity index (χ4n) is 4.45. The third-order valence-electron chi connectivity index (χ3n) is 6.41. The summed E-state index contributed by atoms with van der Waals surface area (Å²) in [6.45, 7) is 5.83. The number of hydrogen-bond acceptors (Lipinski definition) is 6. The molecule has 0 aromatic heterocycles. The van der Waals surface area contributed by atoms with Gasteiger partial charge in [0.25, 0.3) is 11.6 Å². The van der Waals surface area contributed by atoms with Crippen molar-refractivity contribution in [3.8, 4) is 5.75 Å². The number of methoxy groups -OCH3 is 1. The highest BCUT2D eigenvalue weighted by atomic mass is 16.6. The molecular weight excluding hydrogens is 408 g/mol. The lowest BCUT2D eigenvalue weighted by Gasteiger charge is -2.36. The van der Waals surface area contributed by atoms with Crippen LogP contribution in [0.3, 0.4) is 0 Å². The van der Waals surface area contributed by atoms with Crippen LogP contribution < -0.4 is 9.64 Å². The summed E-state index contributed by atoms with van der Waals surface area (Å²) >= 11 is 0. The Morgan fingerprint density at radius 1 is 1.00 bits per heavy atom. The molecule has 2 fully saturated rings. The number of rotatable bonds is 7. The molecule has 2 aromatic rings. The number of carbonyl (C=O) groups is 1. The molecule has 4 rings (SSSR count). The van der Waals surface area contributed by atoms with Crippen LogP contribution in [0, 0.1) is 10.1 Å². The Labute approximate surface area is 188 Å². The quantitative estimate of drug-likeness (QED) is 0.488. The van der Waals surface area contributed by atoms with Gasteiger partial charge < -0.3 is 14.5 Å². The molecule has 2 saturated heterocycles. The average molecular weight is 439 g/mol. The minimum absolute atomic E-state index is 0.108. The number of ether oxygens (including phenoxy) is 1. The van der Waals surface area contributed by atoms with Gasteiger partial charge in [-0.25, -0.2) is 0 Å². The van der Waals surface area contributed by atoms with Gasteiger partial charge in [-0.3, -0.25) is 19.8 Å². The molecule has 170 valence electrons. The summed E-state index contributed by atoms with van der Waals surface area (Å²) < 4.78 is 5.21. The zero-order valence-corrected chi connectivity index (χ0v) is 18.5. The molecule has 0 bridgehead atoms. The molecule has 32 heavy (non-hydrogen) atoms. The predicted molar refractivity (Wildman–Crippen MR) is 124 cm³/mol. The van der Waals surface area contributed by atoms with Crippen molar-refractivity contribution in [3.63, 3.8) is 0 Å². The first-order valence-corrected chi connectivity index (χ1v) is 11.2. The monoisotopic (exact) mass is 438 g/mol. The summed E-state index contributed by atoms with van der Waals surface area (Å²) in [6, 6.07) is 13.1. The van der Waals surface area contributed by atoms with Gasteiger partial charge in [0.2, 0.25) is 0 Å². The van der Waals surface area contributed by atoms with Crippen molar-refractivity contribution >= 4 is 17.3 Å². The number of likely N-dealkylation sites (tertiary alicyclic amines) is 1. The lowest BCUT2D eigenvalue weighted by atomic mass is 10.1. The van der Waals surface area contributed by atoms with Crippen LogP contribution in [-0.4, -0.2) is 73.6 Å². The van der Waals surface area contributed by atoms with Crippen molar-refractivity contribution in [1.82, 2.24) is 9.80 Å². The van der Waals surface area contributed by atoms with E-state index >= 15 is 0 Å². The van der Waals surface area contributed by atoms with Crippen molar-refractivity contribution in [2.24, 2.45) is 0 Å². The first kappa shape index (κ1) is 22.1. The van der Waals surface area contributed by atoms with Crippen molar-refractivity contribution in [1.29, 1.82) is 0 Å². The molecule has 0 radical (unpaired) electrons. The Bertz CT molecular complexity index is 949. The third-order valence-corrected chi connectivity index (χ3v) is 6.41. The molecule has 0 unspecified atom stereocenters. The molecule has 2 aliphatic heterocycles. The fraction of sp³-hybridized carbons (Fsp3) is 0.458. The van der Waals surface area contributed by atoms with Crippen LogP contribution in [0.15, 0.2) is 42.5 Å². The van der Waals surface area contributed by atoms with E-state index in [2.05, 4.69) is 21.9 Å². The molecule has 8 nitrogen and oxygen atoms in total. The SMILES string of the molecule is COc1ccc(CCN2CCN(c3ccc([N+](=O)[O-])c(C(=O)N4CCCC4)c3)CC2)cc1. The van der Waals surface area contributed by atoms with E-state index < -0.39 is 4.92 Å². The van der Waals surface area contributed by atoms with Crippen molar-refractivity contribution in [2.75, 3.05) is 57.8 Å². The van der Waals surface area contributed by atoms with Gasteiger partial charge in [-0.15, -0.1) is 0 Å². The molecule has 1 amide bonds. The van der Waals surface area contributed by atoms with Crippen molar-refractivity contribution in [3.05, 3.63) is 63.7 Å². The van der Waals surface area contributed by atoms with Gasteiger partial charge in [-0.1, -0.05) is 12.1 Å². The summed E-state index contributed by atoms with van der Waals surface area (Å²) in [5.74, 6) is 0.641. The van der Waals surface area contributed by atoms with Crippen LogP contribution in [0.1, 0.15) is 28.8 Å². The number of nitrogens with zero attached hydrogens (tertiary/aromatic N) is 4. The largest absolute Gasteiger partial charge is 0.497 e. The second-order valence-electron chi connectivity index (χ2n) is 8.38. The highest BCUT2D eigenvalue weighted by Crippen LogP contribution is 2.28. The fourth-order valence-corrected chi connectivity index (χ4v) is 4.45. The first-order chi connectivity index (χ1) is 15.5. The van der Waals surface area contributed by atoms with Gasteiger partial charge in [-0.05, 0) is 49.1 Å². The van der Waals surface area contributed by atoms with Gasteiger partial charge in [0, 0.05) is 57.6 Å². The normalized spacial score (nSPS) is 16.9. The van der Waals surface area contributed by atoms with E-state index in [9.17, 15) is 14.9 Å². The Morgan fingerprint density at radius 2 is 1.69 bits per heavy atom. The second kappa shape index (κ2) is 9.99. The van der Waals surface area contributed by atoms with Crippen LogP contribution in [0.25, 0.3) is 0 Å². The van der Waals surface area contributed by atoms with Gasteiger partial charge in [0.05, 0.1) is 12.0 Å². The molecule has 2 aliphatic rings. The van der Waals surface area contributed by atoms with Crippen LogP contribution >= 0.6 is 0 Å². The highest BCUT2D eigenvalue weighted by molar-refractivity contribution is 5.99. The van der Waals surface area contributed by atoms with Gasteiger partial charge in [-0.2, -0.15) is 0 Å². The van der Waals surface area contributed by atoms with Crippen LogP contribution in [-0.2, 0) is 6.42 Å². The van der Waals surface area contributed by atoms with E-state index in [1.54, 1.807) is 24.1 Å². The van der Waals surface area contributed by atoms with Gasteiger partial charge in [0.1, 0.15) is 11.3 Å². The van der Waals surface area contributed by atoms with Gasteiger partial charge >= 0.3 is 0 Å². The Kier molecular flexibility index (Phi) is 6.90. The van der Waals surface area contributed by atoms with Crippen molar-refractivity contribution < 1.29 is 14.5 Å². The number of nitro benzene ring substituents is 1. The zero-order chi connectivity index (χ0) is 22.5. The molecule has 0 aliphatic carbocycles. The van der Waals surface area contributed by atoms with Gasteiger partial charge in [0.15, 0.2) is 0 Å². The molecule has 0 atom stereocenters. The summed E-state index contributed by atoms with van der Waals surface area (Å²) in [5, 5.41) is 11.5. The Balaban J connectivity index is 1.37. The van der Waals surface area contributed by atoms with Crippen LogP contribution in [0.4, 0.5) is 11.4 Å². The van der Waals surface area contributed by atoms with E-state index in [4.69, 9.17) is 4.74 Å². The molecule has 8 heteroatoms. The minimum atomic E-state index is -0.454. The Hall–Kier alpha value is -3.13. The van der Waals surface area contributed by atoms with E-state index in [1.165, 1.54) is 11.6 Å². The predicted octanol–water partition coefficient (Wildman–Crippen LogP) is 3.20. The maximum absolute atomic E-state index is 12.9. The van der Waals surface area contributed by atoms with Crippen molar-refractivity contribution in [2.45, 2.75) is 19.3 Å².